The summed E-state index contributed by atoms with van der Waals surface area (Å²) in [6, 6.07) is 14.8. The van der Waals surface area contributed by atoms with E-state index in [1.807, 2.05) is 30.3 Å². The quantitative estimate of drug-likeness (QED) is 0.502. The first-order valence-electron chi connectivity index (χ1n) is 11.6. The Hall–Kier alpha value is -3.20. The number of fused-ring (bicyclic) bond motifs is 1. The highest BCUT2D eigenvalue weighted by atomic mass is 35.5. The van der Waals surface area contributed by atoms with Gasteiger partial charge < -0.3 is 14.7 Å². The summed E-state index contributed by atoms with van der Waals surface area (Å²) in [5.41, 5.74) is 2.13. The molecular weight excluding hydrogens is 503 g/mol. The summed E-state index contributed by atoms with van der Waals surface area (Å²) in [5.74, 6) is -1.07. The fraction of sp³-hybridized carbons (Fsp3) is 0.308. The minimum Gasteiger partial charge on any atom is -0.459 e. The molecule has 0 bridgehead atoms. The second-order valence-corrected chi connectivity index (χ2v) is 9.79. The van der Waals surface area contributed by atoms with Crippen molar-refractivity contribution >= 4 is 46.6 Å². The second-order valence-electron chi connectivity index (χ2n) is 8.97. The molecule has 1 aromatic heterocycles. The van der Waals surface area contributed by atoms with E-state index >= 15 is 0 Å². The van der Waals surface area contributed by atoms with Crippen LogP contribution in [0, 0.1) is 5.92 Å². The van der Waals surface area contributed by atoms with E-state index in [0.29, 0.717) is 21.6 Å². The van der Waals surface area contributed by atoms with E-state index in [0.717, 1.165) is 11.1 Å². The monoisotopic (exact) mass is 526 g/mol. The van der Waals surface area contributed by atoms with Crippen molar-refractivity contribution in [3.8, 4) is 0 Å². The number of halogens is 2. The molecule has 3 unspecified atom stereocenters. The minimum atomic E-state index is -0.905. The van der Waals surface area contributed by atoms with Crippen molar-refractivity contribution < 1.29 is 19.4 Å². The van der Waals surface area contributed by atoms with Crippen LogP contribution in [0.3, 0.4) is 0 Å². The number of nitrogens with zero attached hydrogens (tertiary/aromatic N) is 4. The van der Waals surface area contributed by atoms with Gasteiger partial charge in [-0.25, -0.2) is 14.5 Å². The molecule has 8 nitrogen and oxygen atoms in total. The van der Waals surface area contributed by atoms with Crippen LogP contribution in [0.25, 0.3) is 0 Å². The van der Waals surface area contributed by atoms with Crippen LogP contribution in [0.15, 0.2) is 65.8 Å². The van der Waals surface area contributed by atoms with Crippen LogP contribution in [0.2, 0.25) is 10.0 Å². The molecule has 0 aliphatic carbocycles. The number of aliphatic imine (C=N–C) groups is 1. The lowest BCUT2D eigenvalue weighted by molar-refractivity contribution is -0.155. The molecule has 3 aromatic rings. The number of esters is 1. The van der Waals surface area contributed by atoms with Gasteiger partial charge in [0.15, 0.2) is 5.82 Å². The molecule has 36 heavy (non-hydrogen) atoms. The average Bonchev–Trinajstić information content (AvgIpc) is 3.50. The fourth-order valence-corrected chi connectivity index (χ4v) is 5.16. The minimum absolute atomic E-state index is 0.0216. The van der Waals surface area contributed by atoms with Gasteiger partial charge in [-0.05, 0) is 30.2 Å². The molecule has 10 heteroatoms. The van der Waals surface area contributed by atoms with Gasteiger partial charge in [-0.15, -0.1) is 0 Å². The number of aliphatic hydroxyl groups is 1. The Morgan fingerprint density at radius 1 is 1.11 bits per heavy atom. The molecule has 1 fully saturated rings. The summed E-state index contributed by atoms with van der Waals surface area (Å²) >= 11 is 12.5. The largest absolute Gasteiger partial charge is 0.459 e. The molecule has 2 aliphatic rings. The zero-order valence-corrected chi connectivity index (χ0v) is 20.9. The van der Waals surface area contributed by atoms with Crippen molar-refractivity contribution in [3.05, 3.63) is 82.0 Å². The first-order chi connectivity index (χ1) is 17.3. The Morgan fingerprint density at radius 2 is 1.89 bits per heavy atom. The third-order valence-corrected chi connectivity index (χ3v) is 7.32. The molecule has 1 amide bonds. The number of hydrogen-bond donors (Lipinski definition) is 1. The van der Waals surface area contributed by atoms with E-state index in [-0.39, 0.29) is 25.5 Å². The Balaban J connectivity index is 1.45. The summed E-state index contributed by atoms with van der Waals surface area (Å²) in [6.45, 7) is 1.88. The van der Waals surface area contributed by atoms with Crippen molar-refractivity contribution in [2.24, 2.45) is 10.9 Å². The van der Waals surface area contributed by atoms with Crippen LogP contribution in [0.4, 0.5) is 5.82 Å². The molecule has 4 atom stereocenters. The lowest BCUT2D eigenvalue weighted by atomic mass is 9.87. The summed E-state index contributed by atoms with van der Waals surface area (Å²) in [5, 5.41) is 15.6. The van der Waals surface area contributed by atoms with E-state index in [1.165, 1.54) is 4.90 Å². The van der Waals surface area contributed by atoms with Crippen LogP contribution >= 0.6 is 23.2 Å². The normalized spacial score (nSPS) is 23.2. The van der Waals surface area contributed by atoms with Crippen molar-refractivity contribution in [3.63, 3.8) is 0 Å². The highest BCUT2D eigenvalue weighted by Crippen LogP contribution is 2.39. The molecule has 186 valence electrons. The number of benzene rings is 2. The van der Waals surface area contributed by atoms with Crippen molar-refractivity contribution in [1.29, 1.82) is 0 Å². The number of carbonyl (C=O) groups is 2. The lowest BCUT2D eigenvalue weighted by Crippen LogP contribution is -2.49. The van der Waals surface area contributed by atoms with E-state index in [9.17, 15) is 14.7 Å². The molecule has 1 N–H and O–H groups in total. The average molecular weight is 527 g/mol. The summed E-state index contributed by atoms with van der Waals surface area (Å²) < 4.78 is 7.19. The number of carbonyl (C=O) groups excluding carboxylic acids is 2. The van der Waals surface area contributed by atoms with Gasteiger partial charge in [-0.2, -0.15) is 5.10 Å². The zero-order valence-electron chi connectivity index (χ0n) is 19.4. The van der Waals surface area contributed by atoms with Crippen LogP contribution in [-0.2, 0) is 20.9 Å². The third-order valence-electron chi connectivity index (χ3n) is 6.58. The molecule has 1 saturated heterocycles. The zero-order chi connectivity index (χ0) is 25.4. The standard InChI is InChI=1S/C26H24Cl2N4O4/c1-15-23(24(32-22(30-15)9-10-29-32)17-7-8-19(27)20(28)11-17)25(34)31-13-18(33)12-21(31)26(35)36-14-16-5-3-2-4-6-16/h2-11,18,21,23-24,33H,12-14H2,1H3/t18?,21-,23?,24?/m0/s1. The second kappa shape index (κ2) is 10.0. The molecular formula is C26H24Cl2N4O4. The van der Waals surface area contributed by atoms with Gasteiger partial charge in [0.25, 0.3) is 0 Å². The fourth-order valence-electron chi connectivity index (χ4n) is 4.86. The summed E-state index contributed by atoms with van der Waals surface area (Å²) in [7, 11) is 0. The van der Waals surface area contributed by atoms with Crippen LogP contribution in [-0.4, -0.2) is 56.1 Å². The Morgan fingerprint density at radius 3 is 2.64 bits per heavy atom. The maximum Gasteiger partial charge on any atom is 0.329 e. The van der Waals surface area contributed by atoms with E-state index in [4.69, 9.17) is 27.9 Å². The number of aromatic nitrogens is 2. The lowest BCUT2D eigenvalue weighted by Gasteiger charge is -2.35. The first-order valence-corrected chi connectivity index (χ1v) is 12.3. The van der Waals surface area contributed by atoms with Gasteiger partial charge in [0.2, 0.25) is 5.91 Å². The molecule has 0 spiro atoms. The molecule has 0 radical (unpaired) electrons. The van der Waals surface area contributed by atoms with E-state index in [1.54, 1.807) is 42.1 Å². The Bertz CT molecular complexity index is 1330. The summed E-state index contributed by atoms with van der Waals surface area (Å²) in [4.78, 5) is 33.1. The molecule has 2 aliphatic heterocycles. The summed E-state index contributed by atoms with van der Waals surface area (Å²) in [6.07, 6.45) is 0.882. The number of ether oxygens (including phenoxy) is 1. The predicted octanol–water partition coefficient (Wildman–Crippen LogP) is 4.21. The highest BCUT2D eigenvalue weighted by molar-refractivity contribution is 6.42. The van der Waals surface area contributed by atoms with E-state index in [2.05, 4.69) is 10.1 Å². The molecule has 2 aromatic carbocycles. The third kappa shape index (κ3) is 4.64. The van der Waals surface area contributed by atoms with Crippen LogP contribution in [0.5, 0.6) is 0 Å². The number of β-amino-alcohol motifs (C(OH)–C–C–N with tert-alkyl or cyclic N) is 1. The van der Waals surface area contributed by atoms with Gasteiger partial charge in [-0.1, -0.05) is 59.6 Å². The first kappa shape index (κ1) is 24.5. The molecule has 0 saturated carbocycles. The maximum absolute atomic E-state index is 14.0. The number of amides is 1. The number of hydrogen-bond acceptors (Lipinski definition) is 6. The van der Waals surface area contributed by atoms with Gasteiger partial charge in [0.1, 0.15) is 18.6 Å². The Labute approximate surface area is 218 Å². The smallest absolute Gasteiger partial charge is 0.329 e. The Kier molecular flexibility index (Phi) is 6.83. The van der Waals surface area contributed by atoms with Crippen LogP contribution in [0.1, 0.15) is 30.5 Å². The topological polar surface area (TPSA) is 97.0 Å². The SMILES string of the molecule is CC1=Nc2ccnn2C(c2ccc(Cl)c(Cl)c2)C1C(=O)N1CC(O)C[C@H]1C(=O)OCc1ccccc1. The molecule has 3 heterocycles. The molecule has 5 rings (SSSR count). The van der Waals surface area contributed by atoms with Crippen molar-refractivity contribution in [2.45, 2.75) is 38.1 Å². The van der Waals surface area contributed by atoms with E-state index < -0.39 is 30.1 Å². The number of likely N-dealkylation sites (tertiary alicyclic amines) is 1. The number of rotatable bonds is 5. The van der Waals surface area contributed by atoms with Gasteiger partial charge in [-0.3, -0.25) is 4.79 Å². The van der Waals surface area contributed by atoms with Gasteiger partial charge >= 0.3 is 5.97 Å². The predicted molar refractivity (Wildman–Crippen MR) is 135 cm³/mol. The van der Waals surface area contributed by atoms with Crippen LogP contribution < -0.4 is 0 Å². The number of aliphatic hydroxyl groups excluding tert-OH is 1. The maximum atomic E-state index is 14.0. The van der Waals surface area contributed by atoms with Gasteiger partial charge in [0.05, 0.1) is 28.4 Å². The highest BCUT2D eigenvalue weighted by Gasteiger charge is 2.47. The van der Waals surface area contributed by atoms with Crippen molar-refractivity contribution in [2.75, 3.05) is 6.54 Å². The van der Waals surface area contributed by atoms with Crippen molar-refractivity contribution in [1.82, 2.24) is 14.7 Å². The van der Waals surface area contributed by atoms with Gasteiger partial charge in [0, 0.05) is 24.7 Å².